The van der Waals surface area contributed by atoms with Crippen LogP contribution < -0.4 is 24.5 Å². The predicted molar refractivity (Wildman–Crippen MR) is 415 cm³/mol. The Balaban J connectivity index is 0.899. The largest absolute Gasteiger partial charge is 0.756 e. The normalized spacial score (nSPS) is 33.0. The molecular formula is C74H132O45P5-5. The number of hydrogen-bond donors (Lipinski definition) is 9. The molecule has 14 unspecified atom stereocenters. The summed E-state index contributed by atoms with van der Waals surface area (Å²) in [6.45, 7) is -0.402. The molecule has 6 saturated heterocycles. The zero-order valence-corrected chi connectivity index (χ0v) is 75.5. The van der Waals surface area contributed by atoms with Gasteiger partial charge in [0.1, 0.15) is 62.5 Å². The van der Waals surface area contributed by atoms with E-state index in [1.165, 1.54) is 7.11 Å². The summed E-state index contributed by atoms with van der Waals surface area (Å²) in [5.74, 6) is -2.58. The highest BCUT2D eigenvalue weighted by molar-refractivity contribution is 7.47. The number of phosphoric acid groups is 5. The predicted octanol–water partition coefficient (Wildman–Crippen LogP) is 1.08. The molecule has 0 aromatic rings. The van der Waals surface area contributed by atoms with Crippen LogP contribution in [0.25, 0.3) is 0 Å². The van der Waals surface area contributed by atoms with Crippen molar-refractivity contribution >= 4 is 56.5 Å². The molecular weight excluding hydrogens is 1760 g/mol. The lowest BCUT2D eigenvalue weighted by Crippen LogP contribution is -2.55. The molecule has 29 atom stereocenters. The van der Waals surface area contributed by atoms with Crippen molar-refractivity contribution in [3.63, 3.8) is 0 Å². The number of ether oxygens (including phenoxy) is 13. The van der Waals surface area contributed by atoms with Crippen molar-refractivity contribution in [1.29, 1.82) is 0 Å². The van der Waals surface area contributed by atoms with Gasteiger partial charge < -0.3 is 177 Å². The van der Waals surface area contributed by atoms with E-state index in [4.69, 9.17) is 107 Å². The molecule has 6 rings (SSSR count). The highest BCUT2D eigenvalue weighted by atomic mass is 31.2. The van der Waals surface area contributed by atoms with Crippen molar-refractivity contribution in [1.82, 2.24) is 0 Å². The molecule has 124 heavy (non-hydrogen) atoms. The van der Waals surface area contributed by atoms with Crippen LogP contribution in [0.15, 0.2) is 0 Å². The molecule has 45 nitrogen and oxygen atoms in total. The number of Topliss-reactive ketones (excluding diaryl/α,β-unsaturated/α-hetero) is 3. The van der Waals surface area contributed by atoms with Gasteiger partial charge in [-0.1, -0.05) is 85.5 Å². The number of ketones is 3. The molecule has 9 N–H and O–H groups in total. The van der Waals surface area contributed by atoms with Gasteiger partial charge in [0.15, 0.2) is 55.1 Å². The summed E-state index contributed by atoms with van der Waals surface area (Å²) in [4.78, 5) is 103. The van der Waals surface area contributed by atoms with E-state index in [1.54, 1.807) is 27.7 Å². The first-order valence-corrected chi connectivity index (χ1v) is 49.8. The van der Waals surface area contributed by atoms with Gasteiger partial charge in [-0.3, -0.25) is 37.2 Å². The van der Waals surface area contributed by atoms with Gasteiger partial charge in [0.05, 0.1) is 115 Å². The molecule has 6 aliphatic heterocycles. The van der Waals surface area contributed by atoms with E-state index >= 15 is 0 Å². The standard InChI is InChI=1S/C74H137O45P5/c1-48-58(39-75)115-72(49(2)67(48)82)101-42-52(78)24-15-9-6-12-18-28-98-64-36-55(81)61(112-64)45-109-120(87,88)105-32-22-34-107-123(93,94)119-57-38-66(100-30-20-14-8-11-17-26-54(80)44-103-74-51(4)69(84)71(86)60(41-77)117-74)114-63(57)47-111-122(91,92)106-33-23-35-108-124(95,96)118-56-37-65(113-62(56)46-110-121(89,90)104-31-21-27-97-5)99-29-19-13-7-10-16-25-53(79)43-102-73-50(3)68(83)70(85)59(40-76)116-73/h48-51,55-77,81-86H,6-47H2,1-5H3,(H,87,88)(H,89,90)(H,91,92)(H,93,94)(H,95,96)/p-5/t48-,49?,50?,51?,55+,56+,57+,58?,59?,60?,61?,62?,63?,64-,65-,66-,67-,68+,69+,70-,71-,72+,73+,74+/m0/s1. The Bertz CT molecular complexity index is 3240. The Hall–Kier alpha value is -1.32. The van der Waals surface area contributed by atoms with Crippen LogP contribution in [0.3, 0.4) is 0 Å². The molecule has 0 aromatic carbocycles. The molecule has 6 heterocycles. The lowest BCUT2D eigenvalue weighted by molar-refractivity contribution is -0.280. The lowest BCUT2D eigenvalue weighted by Gasteiger charge is -2.41. The molecule has 0 radical (unpaired) electrons. The maximum Gasteiger partial charge on any atom is 0.268 e. The minimum Gasteiger partial charge on any atom is -0.756 e. The number of carbonyl (C=O) groups excluding carboxylic acids is 3. The van der Waals surface area contributed by atoms with Crippen LogP contribution in [-0.4, -0.2) is 313 Å². The van der Waals surface area contributed by atoms with Gasteiger partial charge >= 0.3 is 0 Å². The fourth-order valence-corrected chi connectivity index (χ4v) is 18.2. The van der Waals surface area contributed by atoms with Crippen LogP contribution in [-0.2, 0) is 144 Å². The molecule has 6 fully saturated rings. The third kappa shape index (κ3) is 41.7. The molecule has 0 amide bonds. The lowest BCUT2D eigenvalue weighted by atomic mass is 9.86. The molecule has 0 aliphatic carbocycles. The second-order valence-corrected chi connectivity index (χ2v) is 38.5. The van der Waals surface area contributed by atoms with Crippen LogP contribution in [0.5, 0.6) is 0 Å². The van der Waals surface area contributed by atoms with Gasteiger partial charge in [-0.05, 0) is 57.8 Å². The molecule has 50 heteroatoms. The average Bonchev–Trinajstić information content (AvgIpc) is 1.39. The fraction of sp³-hybridized carbons (Fsp3) is 0.959. The van der Waals surface area contributed by atoms with Crippen LogP contribution >= 0.6 is 39.1 Å². The van der Waals surface area contributed by atoms with Crippen molar-refractivity contribution in [2.45, 2.75) is 305 Å². The van der Waals surface area contributed by atoms with Gasteiger partial charge in [-0.15, -0.1) is 0 Å². The summed E-state index contributed by atoms with van der Waals surface area (Å²) < 4.78 is 188. The number of carbonyl (C=O) groups is 3. The average molecular weight is 1900 g/mol. The van der Waals surface area contributed by atoms with E-state index in [0.29, 0.717) is 77.0 Å². The summed E-state index contributed by atoms with van der Waals surface area (Å²) >= 11 is 0. The summed E-state index contributed by atoms with van der Waals surface area (Å²) in [6.07, 6.45) is -13.9. The number of unbranched alkanes of at least 4 members (excludes halogenated alkanes) is 12. The summed E-state index contributed by atoms with van der Waals surface area (Å²) in [5.41, 5.74) is 0. The highest BCUT2D eigenvalue weighted by Gasteiger charge is 2.47. The van der Waals surface area contributed by atoms with Crippen LogP contribution in [0.4, 0.5) is 0 Å². The number of aliphatic hydroxyl groups is 9. The maximum absolute atomic E-state index is 13.3. The van der Waals surface area contributed by atoms with E-state index in [1.807, 2.05) is 0 Å². The zero-order valence-electron chi connectivity index (χ0n) is 71.0. The van der Waals surface area contributed by atoms with Crippen LogP contribution in [0, 0.1) is 23.7 Å². The quantitative estimate of drug-likeness (QED) is 0.0304. The maximum atomic E-state index is 13.3. The summed E-state index contributed by atoms with van der Waals surface area (Å²) in [6, 6.07) is 0. The second-order valence-electron chi connectivity index (χ2n) is 31.5. The van der Waals surface area contributed by atoms with Gasteiger partial charge in [0.2, 0.25) is 0 Å². The summed E-state index contributed by atoms with van der Waals surface area (Å²) in [5, 5.41) is 90.3. The first-order chi connectivity index (χ1) is 58.9. The third-order valence-corrected chi connectivity index (χ3v) is 26.4. The molecule has 0 saturated carbocycles. The smallest absolute Gasteiger partial charge is 0.268 e. The monoisotopic (exact) mass is 1900 g/mol. The van der Waals surface area contributed by atoms with Gasteiger partial charge in [-0.25, -0.2) is 0 Å². The molecule has 728 valence electrons. The Morgan fingerprint density at radius 2 is 0.613 bits per heavy atom. The Labute approximate surface area is 722 Å². The third-order valence-electron chi connectivity index (χ3n) is 21.5. The Kier molecular flexibility index (Phi) is 52.2. The van der Waals surface area contributed by atoms with Crippen molar-refractivity contribution in [3.05, 3.63) is 0 Å². The van der Waals surface area contributed by atoms with Crippen molar-refractivity contribution < 1.29 is 214 Å². The van der Waals surface area contributed by atoms with Crippen molar-refractivity contribution in [2.75, 3.05) is 126 Å². The topological polar surface area (TPSA) is 646 Å². The van der Waals surface area contributed by atoms with Crippen LogP contribution in [0.2, 0.25) is 0 Å². The van der Waals surface area contributed by atoms with Gasteiger partial charge in [0.25, 0.3) is 39.1 Å². The Morgan fingerprint density at radius 3 is 0.968 bits per heavy atom. The van der Waals surface area contributed by atoms with Gasteiger partial charge in [-0.2, -0.15) is 0 Å². The molecule has 0 bridgehead atoms. The number of aliphatic hydroxyl groups excluding tert-OH is 9. The molecule has 6 aliphatic rings. The number of hydrogen-bond acceptors (Lipinski definition) is 45. The van der Waals surface area contributed by atoms with E-state index in [9.17, 15) is 108 Å². The second kappa shape index (κ2) is 58.1. The summed E-state index contributed by atoms with van der Waals surface area (Å²) in [7, 11) is -24.6. The Morgan fingerprint density at radius 1 is 0.315 bits per heavy atom. The first-order valence-electron chi connectivity index (χ1n) is 42.5. The van der Waals surface area contributed by atoms with E-state index in [0.717, 1.165) is 19.3 Å². The number of methoxy groups -OCH3 is 1. The molecule has 0 aromatic heterocycles. The van der Waals surface area contributed by atoms with Crippen LogP contribution in [0.1, 0.15) is 182 Å². The fourth-order valence-electron chi connectivity index (χ4n) is 14.0. The minimum absolute atomic E-state index is 0.0150. The zero-order chi connectivity index (χ0) is 91.1. The first kappa shape index (κ1) is 111. The number of phosphoric ester groups is 5. The minimum atomic E-state index is -5.35. The van der Waals surface area contributed by atoms with E-state index < -0.39 is 240 Å². The molecule has 0 spiro atoms. The van der Waals surface area contributed by atoms with Gasteiger partial charge in [0, 0.05) is 95.7 Å². The van der Waals surface area contributed by atoms with E-state index in [-0.39, 0.29) is 140 Å². The van der Waals surface area contributed by atoms with Crippen molar-refractivity contribution in [3.8, 4) is 0 Å². The SMILES string of the molecule is COCCCOP(=O)([O-])OCC1O[C@H](OCCCCCCCC(=O)CO[C@@H]2OC(CO)[C@H](O)[C@H](O)C2C)C[C@H]1OP(=O)([O-])OCCCOP(=O)([O-])OCC1O[C@H](OCCCCCCCC(=O)CO[C@@H]2OC(CO)[C@H](O)[C@H](O)C2C)C[C@H]1OP(=O)([O-])OCCCOP(=O)([O-])OCC1O[C@H](OCCCCCCCC(=O)CO[C@@H]2OC(CO)[C@H](C)[C@H](O)C2C)C[C@H]1O. The van der Waals surface area contributed by atoms with Crippen molar-refractivity contribution in [2.24, 2.45) is 23.7 Å². The van der Waals surface area contributed by atoms with E-state index in [2.05, 4.69) is 0 Å². The highest BCUT2D eigenvalue weighted by Crippen LogP contribution is 2.49. The number of rotatable bonds is 69.